The van der Waals surface area contributed by atoms with Crippen LogP contribution < -0.4 is 10.5 Å². The molecular formula is C15H18F3NO2. The number of ether oxygens (including phenoxy) is 2. The molecule has 1 rings (SSSR count). The van der Waals surface area contributed by atoms with E-state index in [4.69, 9.17) is 10.5 Å². The van der Waals surface area contributed by atoms with Crippen LogP contribution in [-0.2, 0) is 4.74 Å². The Balaban J connectivity index is 2.41. The number of rotatable bonds is 6. The molecule has 0 heterocycles. The molecule has 0 aliphatic heterocycles. The van der Waals surface area contributed by atoms with Crippen LogP contribution in [0.25, 0.3) is 0 Å². The van der Waals surface area contributed by atoms with Crippen molar-refractivity contribution >= 4 is 0 Å². The predicted molar refractivity (Wildman–Crippen MR) is 74.1 cm³/mol. The Morgan fingerprint density at radius 2 is 2.00 bits per heavy atom. The lowest BCUT2D eigenvalue weighted by Crippen LogP contribution is -2.18. The van der Waals surface area contributed by atoms with E-state index in [-0.39, 0.29) is 19.8 Å². The molecule has 0 spiro atoms. The van der Waals surface area contributed by atoms with Gasteiger partial charge in [0.15, 0.2) is 0 Å². The number of hydrogen-bond acceptors (Lipinski definition) is 3. The normalized spacial score (nSPS) is 10.9. The van der Waals surface area contributed by atoms with Gasteiger partial charge in [-0.3, -0.25) is 0 Å². The van der Waals surface area contributed by atoms with Crippen molar-refractivity contribution in [3.8, 4) is 17.6 Å². The van der Waals surface area contributed by atoms with Crippen molar-refractivity contribution in [2.45, 2.75) is 19.5 Å². The third-order valence-electron chi connectivity index (χ3n) is 2.42. The molecule has 0 unspecified atom stereocenters. The fourth-order valence-electron chi connectivity index (χ4n) is 1.54. The molecule has 0 saturated heterocycles. The van der Waals surface area contributed by atoms with Crippen molar-refractivity contribution in [1.82, 2.24) is 0 Å². The first kappa shape index (κ1) is 17.3. The highest BCUT2D eigenvalue weighted by Gasteiger charge is 2.27. The minimum absolute atomic E-state index is 0.00478. The molecule has 0 aliphatic rings. The van der Waals surface area contributed by atoms with Crippen molar-refractivity contribution in [2.24, 2.45) is 5.73 Å². The molecule has 1 aromatic rings. The van der Waals surface area contributed by atoms with Gasteiger partial charge in [0.1, 0.15) is 12.4 Å². The summed E-state index contributed by atoms with van der Waals surface area (Å²) in [5.74, 6) is 6.25. The lowest BCUT2D eigenvalue weighted by molar-refractivity contribution is -0.174. The van der Waals surface area contributed by atoms with Gasteiger partial charge in [-0.05, 0) is 24.6 Å². The van der Waals surface area contributed by atoms with E-state index in [0.29, 0.717) is 12.2 Å². The molecule has 3 nitrogen and oxygen atoms in total. The standard InChI is InChI=1S/C15H18F3NO2/c1-12-5-6-14(13(10-12)4-2-7-19)21-9-3-8-20-11-15(16,17)18/h5-6,10H,3,7-9,11,19H2,1H3. The van der Waals surface area contributed by atoms with Gasteiger partial charge in [-0.15, -0.1) is 0 Å². The van der Waals surface area contributed by atoms with Crippen LogP contribution in [-0.4, -0.2) is 32.5 Å². The molecule has 0 atom stereocenters. The molecule has 0 saturated carbocycles. The third kappa shape index (κ3) is 7.59. The van der Waals surface area contributed by atoms with Crippen molar-refractivity contribution in [3.05, 3.63) is 29.3 Å². The maximum absolute atomic E-state index is 11.9. The van der Waals surface area contributed by atoms with Gasteiger partial charge < -0.3 is 15.2 Å². The predicted octanol–water partition coefficient (Wildman–Crippen LogP) is 2.65. The van der Waals surface area contributed by atoms with Gasteiger partial charge >= 0.3 is 6.18 Å². The molecule has 116 valence electrons. The van der Waals surface area contributed by atoms with Gasteiger partial charge in [-0.1, -0.05) is 17.9 Å². The summed E-state index contributed by atoms with van der Waals surface area (Å²) >= 11 is 0. The fraction of sp³-hybridized carbons (Fsp3) is 0.467. The van der Waals surface area contributed by atoms with Crippen molar-refractivity contribution < 1.29 is 22.6 Å². The van der Waals surface area contributed by atoms with Crippen LogP contribution in [0.1, 0.15) is 17.5 Å². The van der Waals surface area contributed by atoms with Crippen LogP contribution >= 0.6 is 0 Å². The number of nitrogens with two attached hydrogens (primary N) is 1. The van der Waals surface area contributed by atoms with E-state index in [1.54, 1.807) is 6.07 Å². The minimum atomic E-state index is -4.29. The third-order valence-corrected chi connectivity index (χ3v) is 2.42. The lowest BCUT2D eigenvalue weighted by atomic mass is 10.1. The smallest absolute Gasteiger partial charge is 0.411 e. The number of aryl methyl sites for hydroxylation is 1. The van der Waals surface area contributed by atoms with Crippen molar-refractivity contribution in [3.63, 3.8) is 0 Å². The van der Waals surface area contributed by atoms with E-state index in [1.165, 1.54) is 0 Å². The maximum Gasteiger partial charge on any atom is 0.411 e. The lowest BCUT2D eigenvalue weighted by Gasteiger charge is -2.10. The Morgan fingerprint density at radius 3 is 2.67 bits per heavy atom. The Kier molecular flexibility index (Phi) is 7.06. The molecule has 1 aromatic carbocycles. The van der Waals surface area contributed by atoms with Crippen LogP contribution in [0.4, 0.5) is 13.2 Å². The van der Waals surface area contributed by atoms with E-state index < -0.39 is 12.8 Å². The van der Waals surface area contributed by atoms with Crippen LogP contribution in [0.2, 0.25) is 0 Å². The minimum Gasteiger partial charge on any atom is -0.492 e. The van der Waals surface area contributed by atoms with Crippen LogP contribution in [0.15, 0.2) is 18.2 Å². The van der Waals surface area contributed by atoms with Gasteiger partial charge in [0.05, 0.1) is 25.3 Å². The molecule has 6 heteroatoms. The Labute approximate surface area is 122 Å². The molecule has 0 radical (unpaired) electrons. The summed E-state index contributed by atoms with van der Waals surface area (Å²) in [6, 6.07) is 5.54. The summed E-state index contributed by atoms with van der Waals surface area (Å²) in [6.45, 7) is 1.21. The summed E-state index contributed by atoms with van der Waals surface area (Å²) in [5, 5.41) is 0. The largest absolute Gasteiger partial charge is 0.492 e. The highest BCUT2D eigenvalue weighted by molar-refractivity contribution is 5.48. The molecule has 2 N–H and O–H groups in total. The van der Waals surface area contributed by atoms with Gasteiger partial charge in [0, 0.05) is 6.42 Å². The van der Waals surface area contributed by atoms with Gasteiger partial charge in [-0.2, -0.15) is 13.2 Å². The Bertz CT molecular complexity index is 504. The Hall–Kier alpha value is -1.71. The second kappa shape index (κ2) is 8.55. The van der Waals surface area contributed by atoms with Crippen LogP contribution in [0.3, 0.4) is 0 Å². The van der Waals surface area contributed by atoms with E-state index >= 15 is 0 Å². The van der Waals surface area contributed by atoms with Crippen molar-refractivity contribution in [2.75, 3.05) is 26.4 Å². The fourth-order valence-corrected chi connectivity index (χ4v) is 1.54. The first-order valence-corrected chi connectivity index (χ1v) is 6.49. The zero-order chi connectivity index (χ0) is 15.7. The second-order valence-corrected chi connectivity index (χ2v) is 4.38. The highest BCUT2D eigenvalue weighted by atomic mass is 19.4. The highest BCUT2D eigenvalue weighted by Crippen LogP contribution is 2.19. The van der Waals surface area contributed by atoms with Crippen LogP contribution in [0, 0.1) is 18.8 Å². The molecule has 0 aliphatic carbocycles. The SMILES string of the molecule is Cc1ccc(OCCCOCC(F)(F)F)c(C#CCN)c1. The monoisotopic (exact) mass is 301 g/mol. The molecular weight excluding hydrogens is 283 g/mol. The van der Waals surface area contributed by atoms with Crippen molar-refractivity contribution in [1.29, 1.82) is 0 Å². The molecule has 0 fully saturated rings. The Morgan fingerprint density at radius 1 is 1.24 bits per heavy atom. The number of alkyl halides is 3. The summed E-state index contributed by atoms with van der Waals surface area (Å²) < 4.78 is 45.6. The van der Waals surface area contributed by atoms with Gasteiger partial charge in [0.25, 0.3) is 0 Å². The van der Waals surface area contributed by atoms with Gasteiger partial charge in [0.2, 0.25) is 0 Å². The van der Waals surface area contributed by atoms with Crippen LogP contribution in [0.5, 0.6) is 5.75 Å². The summed E-state index contributed by atoms with van der Waals surface area (Å²) in [6.07, 6.45) is -3.92. The van der Waals surface area contributed by atoms with E-state index in [2.05, 4.69) is 16.6 Å². The first-order chi connectivity index (χ1) is 9.92. The zero-order valence-corrected chi connectivity index (χ0v) is 11.8. The quantitative estimate of drug-likeness (QED) is 0.649. The summed E-state index contributed by atoms with van der Waals surface area (Å²) in [5.41, 5.74) is 7.09. The average molecular weight is 301 g/mol. The molecule has 0 amide bonds. The second-order valence-electron chi connectivity index (χ2n) is 4.38. The summed E-state index contributed by atoms with van der Waals surface area (Å²) in [4.78, 5) is 0. The average Bonchev–Trinajstić information content (AvgIpc) is 2.40. The van der Waals surface area contributed by atoms with E-state index in [0.717, 1.165) is 11.1 Å². The van der Waals surface area contributed by atoms with E-state index in [1.807, 2.05) is 19.1 Å². The number of halogens is 3. The molecule has 0 bridgehead atoms. The first-order valence-electron chi connectivity index (χ1n) is 6.49. The maximum atomic E-state index is 11.9. The zero-order valence-electron chi connectivity index (χ0n) is 11.8. The summed E-state index contributed by atoms with van der Waals surface area (Å²) in [7, 11) is 0. The number of hydrogen-bond donors (Lipinski definition) is 1. The topological polar surface area (TPSA) is 44.5 Å². The molecule has 0 aromatic heterocycles. The molecule has 21 heavy (non-hydrogen) atoms. The number of benzene rings is 1. The van der Waals surface area contributed by atoms with E-state index in [9.17, 15) is 13.2 Å². The van der Waals surface area contributed by atoms with Gasteiger partial charge in [-0.25, -0.2) is 0 Å².